The molecule has 1 unspecified atom stereocenters. The van der Waals surface area contributed by atoms with Gasteiger partial charge >= 0.3 is 6.09 Å². The lowest BCUT2D eigenvalue weighted by atomic mass is 9.90. The molecule has 5 heteroatoms. The van der Waals surface area contributed by atoms with Crippen molar-refractivity contribution in [2.24, 2.45) is 5.92 Å². The summed E-state index contributed by atoms with van der Waals surface area (Å²) in [4.78, 5) is 30.1. The third-order valence-corrected chi connectivity index (χ3v) is 3.59. The number of Topliss-reactive ketones (excluding diaryl/α,β-unsaturated/α-hetero) is 1. The van der Waals surface area contributed by atoms with Gasteiger partial charge in [0.1, 0.15) is 11.4 Å². The van der Waals surface area contributed by atoms with E-state index >= 15 is 0 Å². The van der Waals surface area contributed by atoms with Crippen LogP contribution in [0.1, 0.15) is 38.3 Å². The number of aromatic nitrogens is 1. The number of amides is 1. The number of aryl methyl sites for hydroxylation is 1. The van der Waals surface area contributed by atoms with Gasteiger partial charge in [-0.05, 0) is 45.2 Å². The van der Waals surface area contributed by atoms with Crippen LogP contribution in [-0.2, 0) is 16.0 Å². The number of nitrogens with zero attached hydrogens (tertiary/aromatic N) is 2. The Labute approximate surface area is 131 Å². The molecular weight excluding hydrogens is 280 g/mol. The van der Waals surface area contributed by atoms with Crippen LogP contribution in [0.25, 0.3) is 0 Å². The molecule has 120 valence electrons. The quantitative estimate of drug-likeness (QED) is 0.843. The van der Waals surface area contributed by atoms with E-state index in [4.69, 9.17) is 4.74 Å². The summed E-state index contributed by atoms with van der Waals surface area (Å²) >= 11 is 0. The van der Waals surface area contributed by atoms with Crippen molar-refractivity contribution >= 4 is 11.9 Å². The Balaban J connectivity index is 2.02. The first-order chi connectivity index (χ1) is 10.2. The van der Waals surface area contributed by atoms with Crippen molar-refractivity contribution in [3.63, 3.8) is 0 Å². The summed E-state index contributed by atoms with van der Waals surface area (Å²) < 4.78 is 5.39. The average molecular weight is 304 g/mol. The molecule has 0 bridgehead atoms. The third-order valence-electron chi connectivity index (χ3n) is 3.59. The number of carbonyl (C=O) groups is 2. The van der Waals surface area contributed by atoms with Crippen molar-refractivity contribution in [2.45, 2.75) is 46.1 Å². The van der Waals surface area contributed by atoms with Crippen molar-refractivity contribution in [3.8, 4) is 0 Å². The molecule has 1 aromatic rings. The second-order valence-electron chi connectivity index (χ2n) is 6.91. The van der Waals surface area contributed by atoms with E-state index in [1.165, 1.54) is 0 Å². The summed E-state index contributed by atoms with van der Waals surface area (Å²) in [7, 11) is 0. The van der Waals surface area contributed by atoms with Crippen LogP contribution in [0.4, 0.5) is 4.79 Å². The van der Waals surface area contributed by atoms with Gasteiger partial charge in [0, 0.05) is 37.8 Å². The lowest BCUT2D eigenvalue weighted by Crippen LogP contribution is -2.46. The van der Waals surface area contributed by atoms with Gasteiger partial charge in [0.2, 0.25) is 0 Å². The molecule has 0 spiro atoms. The fourth-order valence-corrected chi connectivity index (χ4v) is 2.59. The zero-order valence-electron chi connectivity index (χ0n) is 13.8. The number of piperidine rings is 1. The minimum atomic E-state index is -0.519. The Morgan fingerprint density at radius 2 is 2.14 bits per heavy atom. The summed E-state index contributed by atoms with van der Waals surface area (Å²) in [5, 5.41) is 0. The smallest absolute Gasteiger partial charge is 0.410 e. The summed E-state index contributed by atoms with van der Waals surface area (Å²) in [6.45, 7) is 8.37. The maximum atomic E-state index is 12.2. The first-order valence-electron chi connectivity index (χ1n) is 7.66. The van der Waals surface area contributed by atoms with Crippen LogP contribution >= 0.6 is 0 Å². The highest BCUT2D eigenvalue weighted by Crippen LogP contribution is 2.20. The van der Waals surface area contributed by atoms with Gasteiger partial charge in [-0.25, -0.2) is 4.79 Å². The minimum Gasteiger partial charge on any atom is -0.444 e. The zero-order chi connectivity index (χ0) is 16.3. The van der Waals surface area contributed by atoms with E-state index in [0.29, 0.717) is 25.9 Å². The number of pyridine rings is 1. The molecule has 2 heterocycles. The van der Waals surface area contributed by atoms with Crippen molar-refractivity contribution < 1.29 is 14.3 Å². The zero-order valence-corrected chi connectivity index (χ0v) is 13.8. The van der Waals surface area contributed by atoms with Gasteiger partial charge in [-0.2, -0.15) is 0 Å². The summed E-state index contributed by atoms with van der Waals surface area (Å²) in [6, 6.07) is 2.03. The summed E-state index contributed by atoms with van der Waals surface area (Å²) in [5.74, 6) is 0.0335. The first kappa shape index (κ1) is 16.5. The molecule has 0 radical (unpaired) electrons. The number of carbonyl (C=O) groups excluding carboxylic acids is 2. The highest BCUT2D eigenvalue weighted by atomic mass is 16.6. The molecule has 2 rings (SSSR count). The average Bonchev–Trinajstić information content (AvgIpc) is 2.39. The van der Waals surface area contributed by atoms with Crippen LogP contribution in [0.5, 0.6) is 0 Å². The lowest BCUT2D eigenvalue weighted by molar-refractivity contribution is -0.125. The second-order valence-corrected chi connectivity index (χ2v) is 6.91. The lowest BCUT2D eigenvalue weighted by Gasteiger charge is -2.33. The molecule has 0 saturated carbocycles. The molecule has 1 saturated heterocycles. The van der Waals surface area contributed by atoms with Crippen LogP contribution < -0.4 is 0 Å². The largest absolute Gasteiger partial charge is 0.444 e. The molecular formula is C17H24N2O3. The fraction of sp³-hybridized carbons (Fsp3) is 0.588. The number of likely N-dealkylation sites (tertiary alicyclic amines) is 1. The van der Waals surface area contributed by atoms with Crippen molar-refractivity contribution in [1.82, 2.24) is 9.88 Å². The Bertz CT molecular complexity index is 563. The fourth-order valence-electron chi connectivity index (χ4n) is 2.59. The number of ketones is 1. The predicted molar refractivity (Wildman–Crippen MR) is 83.6 cm³/mol. The predicted octanol–water partition coefficient (Wildman–Crippen LogP) is 2.76. The number of ether oxygens (including phenoxy) is 1. The SMILES string of the molecule is Cc1cncc(CC2CN(C(=O)OC(C)(C)C)CCC2=O)c1. The Morgan fingerprint density at radius 3 is 2.77 bits per heavy atom. The molecule has 1 amide bonds. The van der Waals surface area contributed by atoms with Gasteiger partial charge in [-0.3, -0.25) is 9.78 Å². The van der Waals surface area contributed by atoms with Crippen LogP contribution in [-0.4, -0.2) is 40.5 Å². The van der Waals surface area contributed by atoms with Crippen LogP contribution in [0, 0.1) is 12.8 Å². The molecule has 5 nitrogen and oxygen atoms in total. The summed E-state index contributed by atoms with van der Waals surface area (Å²) in [6.07, 6.45) is 4.24. The van der Waals surface area contributed by atoms with Crippen molar-refractivity contribution in [1.29, 1.82) is 0 Å². The van der Waals surface area contributed by atoms with E-state index < -0.39 is 5.60 Å². The van der Waals surface area contributed by atoms with E-state index in [1.807, 2.05) is 33.8 Å². The van der Waals surface area contributed by atoms with Gasteiger partial charge in [-0.1, -0.05) is 6.07 Å². The Hall–Kier alpha value is -1.91. The van der Waals surface area contributed by atoms with E-state index in [-0.39, 0.29) is 17.8 Å². The molecule has 0 aromatic carbocycles. The van der Waals surface area contributed by atoms with E-state index in [2.05, 4.69) is 4.98 Å². The molecule has 0 aliphatic carbocycles. The van der Waals surface area contributed by atoms with Gasteiger partial charge in [-0.15, -0.1) is 0 Å². The maximum Gasteiger partial charge on any atom is 0.410 e. The number of rotatable bonds is 2. The Morgan fingerprint density at radius 1 is 1.41 bits per heavy atom. The van der Waals surface area contributed by atoms with Gasteiger partial charge < -0.3 is 9.64 Å². The highest BCUT2D eigenvalue weighted by molar-refractivity contribution is 5.84. The topological polar surface area (TPSA) is 59.5 Å². The number of hydrogen-bond acceptors (Lipinski definition) is 4. The van der Waals surface area contributed by atoms with Crippen LogP contribution in [0.15, 0.2) is 18.5 Å². The van der Waals surface area contributed by atoms with E-state index in [9.17, 15) is 9.59 Å². The number of hydrogen-bond donors (Lipinski definition) is 0. The van der Waals surface area contributed by atoms with E-state index in [0.717, 1.165) is 11.1 Å². The molecule has 22 heavy (non-hydrogen) atoms. The maximum absolute atomic E-state index is 12.2. The minimum absolute atomic E-state index is 0.176. The normalized spacial score (nSPS) is 19.2. The highest BCUT2D eigenvalue weighted by Gasteiger charge is 2.32. The van der Waals surface area contributed by atoms with E-state index in [1.54, 1.807) is 17.3 Å². The summed E-state index contributed by atoms with van der Waals surface area (Å²) in [5.41, 5.74) is 1.59. The molecule has 1 aliphatic rings. The van der Waals surface area contributed by atoms with Crippen LogP contribution in [0.3, 0.4) is 0 Å². The molecule has 1 atom stereocenters. The second kappa shape index (κ2) is 6.46. The monoisotopic (exact) mass is 304 g/mol. The Kier molecular flexibility index (Phi) is 4.84. The first-order valence-corrected chi connectivity index (χ1v) is 7.66. The van der Waals surface area contributed by atoms with Gasteiger partial charge in [0.05, 0.1) is 0 Å². The molecule has 1 aliphatic heterocycles. The molecule has 0 N–H and O–H groups in total. The van der Waals surface area contributed by atoms with Crippen LogP contribution in [0.2, 0.25) is 0 Å². The van der Waals surface area contributed by atoms with Gasteiger partial charge in [0.15, 0.2) is 0 Å². The van der Waals surface area contributed by atoms with Crippen molar-refractivity contribution in [3.05, 3.63) is 29.6 Å². The molecule has 1 fully saturated rings. The third kappa shape index (κ3) is 4.55. The van der Waals surface area contributed by atoms with Gasteiger partial charge in [0.25, 0.3) is 0 Å². The molecule has 1 aromatic heterocycles. The van der Waals surface area contributed by atoms with Crippen molar-refractivity contribution in [2.75, 3.05) is 13.1 Å². The standard InChI is InChI=1S/C17H24N2O3/c1-12-7-13(10-18-9-12)8-14-11-19(6-5-15(14)20)16(21)22-17(2,3)4/h7,9-10,14H,5-6,8,11H2,1-4H3.